The highest BCUT2D eigenvalue weighted by molar-refractivity contribution is 9.10. The first-order valence-corrected chi connectivity index (χ1v) is 6.29. The molecule has 0 atom stereocenters. The Bertz CT molecular complexity index is 465. The van der Waals surface area contributed by atoms with Crippen molar-refractivity contribution in [2.24, 2.45) is 0 Å². The van der Waals surface area contributed by atoms with E-state index in [1.54, 1.807) is 11.3 Å². The van der Waals surface area contributed by atoms with Crippen LogP contribution in [0.3, 0.4) is 0 Å². The van der Waals surface area contributed by atoms with Crippen LogP contribution in [-0.2, 0) is 0 Å². The molecule has 1 aromatic heterocycles. The zero-order chi connectivity index (χ0) is 10.1. The Balaban J connectivity index is 2.47. The van der Waals surface area contributed by atoms with Gasteiger partial charge < -0.3 is 0 Å². The van der Waals surface area contributed by atoms with Gasteiger partial charge in [-0.2, -0.15) is 0 Å². The van der Waals surface area contributed by atoms with E-state index in [0.717, 1.165) is 10.0 Å². The van der Waals surface area contributed by atoms with Crippen molar-refractivity contribution in [3.05, 3.63) is 44.2 Å². The molecule has 1 heterocycles. The molecule has 0 fully saturated rings. The minimum absolute atomic E-state index is 0.589. The van der Waals surface area contributed by atoms with E-state index in [0.29, 0.717) is 10.0 Å². The predicted octanol–water partition coefficient (Wildman–Crippen LogP) is 5.48. The molecule has 0 bridgehead atoms. The van der Waals surface area contributed by atoms with Gasteiger partial charge in [-0.05, 0) is 39.7 Å². The van der Waals surface area contributed by atoms with Crippen LogP contribution in [-0.4, -0.2) is 0 Å². The largest absolute Gasteiger partial charge is 0.143 e. The molecule has 0 radical (unpaired) electrons. The van der Waals surface area contributed by atoms with Crippen molar-refractivity contribution >= 4 is 50.5 Å². The molecule has 0 unspecified atom stereocenters. The summed E-state index contributed by atoms with van der Waals surface area (Å²) < 4.78 is 1.09. The fourth-order valence-corrected chi connectivity index (χ4v) is 2.84. The molecule has 0 saturated carbocycles. The lowest BCUT2D eigenvalue weighted by Gasteiger charge is -1.99. The first-order chi connectivity index (χ1) is 6.66. The number of benzene rings is 1. The van der Waals surface area contributed by atoms with Gasteiger partial charge in [0.25, 0.3) is 0 Å². The van der Waals surface area contributed by atoms with Gasteiger partial charge in [0.15, 0.2) is 0 Å². The van der Waals surface area contributed by atoms with Crippen LogP contribution in [0, 0.1) is 0 Å². The molecule has 0 aliphatic carbocycles. The summed E-state index contributed by atoms with van der Waals surface area (Å²) in [5.74, 6) is 0. The summed E-state index contributed by atoms with van der Waals surface area (Å²) in [6, 6.07) is 7.71. The van der Waals surface area contributed by atoms with Crippen molar-refractivity contribution in [3.63, 3.8) is 0 Å². The molecule has 2 rings (SSSR count). The topological polar surface area (TPSA) is 0 Å². The molecule has 72 valence electrons. The lowest BCUT2D eigenvalue weighted by Crippen LogP contribution is -1.73. The minimum atomic E-state index is 0.589. The number of thiophene rings is 1. The van der Waals surface area contributed by atoms with Crippen LogP contribution in [0.5, 0.6) is 0 Å². The summed E-state index contributed by atoms with van der Waals surface area (Å²) in [6.07, 6.45) is 0. The van der Waals surface area contributed by atoms with Crippen LogP contribution in [0.4, 0.5) is 0 Å². The molecule has 1 aromatic carbocycles. The normalized spacial score (nSPS) is 10.5. The van der Waals surface area contributed by atoms with Gasteiger partial charge >= 0.3 is 0 Å². The fraction of sp³-hybridized carbons (Fsp3) is 0. The maximum Gasteiger partial charge on any atom is 0.0598 e. The molecule has 0 saturated heterocycles. The van der Waals surface area contributed by atoms with Gasteiger partial charge in [0, 0.05) is 14.7 Å². The van der Waals surface area contributed by atoms with Crippen molar-refractivity contribution in [1.29, 1.82) is 0 Å². The third-order valence-electron chi connectivity index (χ3n) is 1.77. The van der Waals surface area contributed by atoms with Gasteiger partial charge in [-0.3, -0.25) is 0 Å². The van der Waals surface area contributed by atoms with Crippen molar-refractivity contribution in [3.8, 4) is 10.4 Å². The Labute approximate surface area is 105 Å². The Hall–Kier alpha value is -0.0200. The maximum absolute atomic E-state index is 5.93. The van der Waals surface area contributed by atoms with Crippen LogP contribution < -0.4 is 0 Å². The lowest BCUT2D eigenvalue weighted by atomic mass is 10.2. The number of hydrogen-bond donors (Lipinski definition) is 0. The third kappa shape index (κ3) is 2.14. The van der Waals surface area contributed by atoms with Gasteiger partial charge in [0.2, 0.25) is 0 Å². The van der Waals surface area contributed by atoms with Crippen molar-refractivity contribution in [1.82, 2.24) is 0 Å². The number of rotatable bonds is 1. The molecular formula is C10H5BrCl2S. The second-order valence-corrected chi connectivity index (χ2v) is 5.40. The number of halogens is 3. The minimum Gasteiger partial charge on any atom is -0.143 e. The predicted molar refractivity (Wildman–Crippen MR) is 67.5 cm³/mol. The van der Waals surface area contributed by atoms with Crippen molar-refractivity contribution in [2.45, 2.75) is 0 Å². The van der Waals surface area contributed by atoms with Crippen LogP contribution in [0.1, 0.15) is 0 Å². The average molecular weight is 308 g/mol. The summed E-state index contributed by atoms with van der Waals surface area (Å²) in [5, 5.41) is 3.22. The van der Waals surface area contributed by atoms with Gasteiger partial charge in [-0.25, -0.2) is 0 Å². The molecular weight excluding hydrogens is 303 g/mol. The van der Waals surface area contributed by atoms with Crippen molar-refractivity contribution in [2.75, 3.05) is 0 Å². The molecule has 14 heavy (non-hydrogen) atoms. The van der Waals surface area contributed by atoms with E-state index < -0.39 is 0 Å². The van der Waals surface area contributed by atoms with Crippen molar-refractivity contribution < 1.29 is 0 Å². The van der Waals surface area contributed by atoms with Gasteiger partial charge in [-0.1, -0.05) is 29.3 Å². The summed E-state index contributed by atoms with van der Waals surface area (Å²) >= 11 is 16.8. The maximum atomic E-state index is 5.93. The smallest absolute Gasteiger partial charge is 0.0598 e. The van der Waals surface area contributed by atoms with E-state index in [2.05, 4.69) is 22.0 Å². The van der Waals surface area contributed by atoms with Crippen LogP contribution >= 0.6 is 50.5 Å². The quantitative estimate of drug-likeness (QED) is 0.654. The first kappa shape index (κ1) is 10.5. The van der Waals surface area contributed by atoms with E-state index in [9.17, 15) is 0 Å². The monoisotopic (exact) mass is 306 g/mol. The van der Waals surface area contributed by atoms with E-state index in [4.69, 9.17) is 23.2 Å². The van der Waals surface area contributed by atoms with Gasteiger partial charge in [0.1, 0.15) is 0 Å². The van der Waals surface area contributed by atoms with E-state index >= 15 is 0 Å². The zero-order valence-electron chi connectivity index (χ0n) is 6.93. The SMILES string of the molecule is Clc1ccc(-c2cc(Br)cs2)cc1Cl. The highest BCUT2D eigenvalue weighted by Crippen LogP contribution is 2.33. The highest BCUT2D eigenvalue weighted by Gasteiger charge is 2.03. The van der Waals surface area contributed by atoms with E-state index in [-0.39, 0.29) is 0 Å². The van der Waals surface area contributed by atoms with Crippen LogP contribution in [0.25, 0.3) is 10.4 Å². The van der Waals surface area contributed by atoms with Gasteiger partial charge in [0.05, 0.1) is 10.0 Å². The van der Waals surface area contributed by atoms with Crippen LogP contribution in [0.2, 0.25) is 10.0 Å². The van der Waals surface area contributed by atoms with Crippen LogP contribution in [0.15, 0.2) is 34.1 Å². The molecule has 2 aromatic rings. The molecule has 0 amide bonds. The molecule has 0 nitrogen and oxygen atoms in total. The third-order valence-corrected chi connectivity index (χ3v) is 4.25. The molecule has 0 aliphatic rings. The Kier molecular flexibility index (Phi) is 3.17. The molecule has 0 N–H and O–H groups in total. The molecule has 0 aliphatic heterocycles. The second-order valence-electron chi connectivity index (χ2n) is 2.76. The summed E-state index contributed by atoms with van der Waals surface area (Å²) in [6.45, 7) is 0. The first-order valence-electron chi connectivity index (χ1n) is 3.86. The van der Waals surface area contributed by atoms with E-state index in [1.165, 1.54) is 4.88 Å². The standard InChI is InChI=1S/C10H5BrCl2S/c11-7-4-10(14-5-7)6-1-2-8(12)9(13)3-6/h1-5H. The molecule has 0 spiro atoms. The second kappa shape index (κ2) is 4.23. The molecule has 4 heteroatoms. The van der Waals surface area contributed by atoms with Gasteiger partial charge in [-0.15, -0.1) is 11.3 Å². The average Bonchev–Trinajstić information content (AvgIpc) is 2.57. The Morgan fingerprint density at radius 3 is 2.43 bits per heavy atom. The lowest BCUT2D eigenvalue weighted by molar-refractivity contribution is 1.69. The summed E-state index contributed by atoms with van der Waals surface area (Å²) in [4.78, 5) is 1.18. The Morgan fingerprint density at radius 1 is 1.07 bits per heavy atom. The zero-order valence-corrected chi connectivity index (χ0v) is 10.8. The number of hydrogen-bond acceptors (Lipinski definition) is 1. The van der Waals surface area contributed by atoms with E-state index in [1.807, 2.05) is 23.6 Å². The Morgan fingerprint density at radius 2 is 1.86 bits per heavy atom. The highest BCUT2D eigenvalue weighted by atomic mass is 79.9. The summed E-state index contributed by atoms with van der Waals surface area (Å²) in [7, 11) is 0. The fourth-order valence-electron chi connectivity index (χ4n) is 1.11. The summed E-state index contributed by atoms with van der Waals surface area (Å²) in [5.41, 5.74) is 1.09.